The molecule has 0 N–H and O–H groups in total. The molecule has 0 aromatic carbocycles. The molecule has 4 rings (SSSR count). The van der Waals surface area contributed by atoms with Crippen LogP contribution in [0.25, 0.3) is 21.5 Å². The molecule has 0 atom stereocenters. The molecular formula is C21H21ClN4O3S. The van der Waals surface area contributed by atoms with Crippen LogP contribution in [0.3, 0.4) is 0 Å². The lowest BCUT2D eigenvalue weighted by Gasteiger charge is -2.36. The van der Waals surface area contributed by atoms with Crippen LogP contribution < -0.4 is 4.90 Å². The van der Waals surface area contributed by atoms with Gasteiger partial charge in [0.05, 0.1) is 11.3 Å². The van der Waals surface area contributed by atoms with Gasteiger partial charge in [0.2, 0.25) is 0 Å². The standard InChI is InChI=1S/C21H21ClN4O3S/c1-21(2,3)29-20(27)26-8-6-25(7-9-26)16-11-13(14-5-4-10-28-14)17-18(22)15(12-23)30-19(17)24-16/h4-5,10-11H,6-9H2,1-3H3. The highest BCUT2D eigenvalue weighted by Gasteiger charge is 2.27. The van der Waals surface area contributed by atoms with Crippen LogP contribution in [0.5, 0.6) is 0 Å². The number of carbonyl (C=O) groups excluding carboxylic acids is 1. The molecule has 30 heavy (non-hydrogen) atoms. The quantitative estimate of drug-likeness (QED) is 0.544. The van der Waals surface area contributed by atoms with Crippen LogP contribution in [0.1, 0.15) is 25.6 Å². The minimum Gasteiger partial charge on any atom is -0.464 e. The molecule has 0 spiro atoms. The van der Waals surface area contributed by atoms with Gasteiger partial charge in [-0.05, 0) is 39.0 Å². The SMILES string of the molecule is CC(C)(C)OC(=O)N1CCN(c2cc(-c3ccco3)c3c(Cl)c(C#N)sc3n2)CC1. The number of halogens is 1. The number of pyridine rings is 1. The van der Waals surface area contributed by atoms with Crippen molar-refractivity contribution in [3.63, 3.8) is 0 Å². The molecule has 7 nitrogen and oxygen atoms in total. The van der Waals surface area contributed by atoms with E-state index in [1.807, 2.05) is 39.0 Å². The zero-order valence-electron chi connectivity index (χ0n) is 16.9. The Morgan fingerprint density at radius 1 is 1.33 bits per heavy atom. The van der Waals surface area contributed by atoms with Crippen molar-refractivity contribution in [1.82, 2.24) is 9.88 Å². The number of carbonyl (C=O) groups is 1. The summed E-state index contributed by atoms with van der Waals surface area (Å²) in [4.78, 5) is 22.0. The third-order valence-corrected chi connectivity index (χ3v) is 6.21. The Morgan fingerprint density at radius 2 is 2.07 bits per heavy atom. The second-order valence-corrected chi connectivity index (χ2v) is 9.37. The second kappa shape index (κ2) is 7.82. The number of anilines is 1. The summed E-state index contributed by atoms with van der Waals surface area (Å²) in [5.74, 6) is 1.43. The molecule has 1 fully saturated rings. The Labute approximate surface area is 183 Å². The molecule has 0 saturated carbocycles. The van der Waals surface area contributed by atoms with E-state index < -0.39 is 5.60 Å². The third kappa shape index (κ3) is 3.95. The molecule has 0 radical (unpaired) electrons. The first kappa shape index (κ1) is 20.5. The van der Waals surface area contributed by atoms with E-state index in [1.54, 1.807) is 11.2 Å². The van der Waals surface area contributed by atoms with Gasteiger partial charge in [0, 0.05) is 37.1 Å². The van der Waals surface area contributed by atoms with Gasteiger partial charge in [0.15, 0.2) is 0 Å². The normalized spacial score (nSPS) is 14.8. The van der Waals surface area contributed by atoms with Crippen molar-refractivity contribution in [2.75, 3.05) is 31.1 Å². The highest BCUT2D eigenvalue weighted by Crippen LogP contribution is 2.42. The Bertz CT molecular complexity index is 1120. The maximum atomic E-state index is 12.3. The van der Waals surface area contributed by atoms with Crippen LogP contribution in [0, 0.1) is 11.3 Å². The first-order chi connectivity index (χ1) is 14.3. The van der Waals surface area contributed by atoms with Crippen molar-refractivity contribution in [1.29, 1.82) is 5.26 Å². The number of amides is 1. The molecule has 1 aliphatic heterocycles. The van der Waals surface area contributed by atoms with Crippen molar-refractivity contribution in [3.8, 4) is 17.4 Å². The zero-order chi connectivity index (χ0) is 21.5. The Hall–Kier alpha value is -2.76. The number of hydrogen-bond acceptors (Lipinski definition) is 7. The first-order valence-electron chi connectivity index (χ1n) is 9.57. The van der Waals surface area contributed by atoms with Gasteiger partial charge >= 0.3 is 6.09 Å². The maximum absolute atomic E-state index is 12.3. The number of furan rings is 1. The van der Waals surface area contributed by atoms with Crippen LogP contribution in [0.2, 0.25) is 5.02 Å². The predicted molar refractivity (Wildman–Crippen MR) is 117 cm³/mol. The summed E-state index contributed by atoms with van der Waals surface area (Å²) < 4.78 is 11.1. The van der Waals surface area contributed by atoms with Crippen molar-refractivity contribution >= 4 is 45.1 Å². The summed E-state index contributed by atoms with van der Waals surface area (Å²) in [6.07, 6.45) is 1.30. The van der Waals surface area contributed by atoms with Crippen LogP contribution in [-0.4, -0.2) is 47.8 Å². The van der Waals surface area contributed by atoms with Gasteiger partial charge in [-0.2, -0.15) is 5.26 Å². The summed E-state index contributed by atoms with van der Waals surface area (Å²) in [7, 11) is 0. The van der Waals surface area contributed by atoms with E-state index in [1.165, 1.54) is 11.3 Å². The summed E-state index contributed by atoms with van der Waals surface area (Å²) in [5.41, 5.74) is 0.285. The van der Waals surface area contributed by atoms with Crippen LogP contribution >= 0.6 is 22.9 Å². The molecule has 0 unspecified atom stereocenters. The molecular weight excluding hydrogens is 424 g/mol. The molecule has 0 bridgehead atoms. The molecule has 4 heterocycles. The largest absolute Gasteiger partial charge is 0.464 e. The van der Waals surface area contributed by atoms with Gasteiger partial charge < -0.3 is 19.0 Å². The summed E-state index contributed by atoms with van der Waals surface area (Å²) in [6.45, 7) is 7.91. The van der Waals surface area contributed by atoms with E-state index >= 15 is 0 Å². The van der Waals surface area contributed by atoms with E-state index in [2.05, 4.69) is 11.0 Å². The average Bonchev–Trinajstić information content (AvgIpc) is 3.34. The molecule has 3 aromatic rings. The summed E-state index contributed by atoms with van der Waals surface area (Å²) in [6, 6.07) is 7.74. The second-order valence-electron chi connectivity index (χ2n) is 8.00. The maximum Gasteiger partial charge on any atom is 0.410 e. The third-order valence-electron chi connectivity index (χ3n) is 4.73. The van der Waals surface area contributed by atoms with E-state index in [0.29, 0.717) is 46.7 Å². The molecule has 1 saturated heterocycles. The van der Waals surface area contributed by atoms with Crippen LogP contribution in [0.15, 0.2) is 28.9 Å². The average molecular weight is 445 g/mol. The van der Waals surface area contributed by atoms with Crippen molar-refractivity contribution in [2.24, 2.45) is 0 Å². The van der Waals surface area contributed by atoms with Gasteiger partial charge in [-0.3, -0.25) is 0 Å². The van der Waals surface area contributed by atoms with Crippen LogP contribution in [-0.2, 0) is 4.74 Å². The number of fused-ring (bicyclic) bond motifs is 1. The number of rotatable bonds is 2. The van der Waals surface area contributed by atoms with Crippen LogP contribution in [0.4, 0.5) is 10.6 Å². The van der Waals surface area contributed by atoms with Crippen molar-refractivity contribution < 1.29 is 13.9 Å². The van der Waals surface area contributed by atoms with Gasteiger partial charge in [-0.25, -0.2) is 9.78 Å². The molecule has 0 aliphatic carbocycles. The summed E-state index contributed by atoms with van der Waals surface area (Å²) in [5, 5.41) is 10.5. The number of nitriles is 1. The van der Waals surface area contributed by atoms with E-state index in [9.17, 15) is 10.1 Å². The number of ether oxygens (including phenoxy) is 1. The van der Waals surface area contributed by atoms with Crippen molar-refractivity contribution in [2.45, 2.75) is 26.4 Å². The number of nitrogens with zero attached hydrogens (tertiary/aromatic N) is 4. The molecule has 3 aromatic heterocycles. The Kier molecular flexibility index (Phi) is 5.35. The lowest BCUT2D eigenvalue weighted by Crippen LogP contribution is -2.50. The van der Waals surface area contributed by atoms with Gasteiger partial charge in [0.25, 0.3) is 0 Å². The number of aromatic nitrogens is 1. The smallest absolute Gasteiger partial charge is 0.410 e. The lowest BCUT2D eigenvalue weighted by atomic mass is 10.1. The van der Waals surface area contributed by atoms with E-state index in [-0.39, 0.29) is 6.09 Å². The molecule has 156 valence electrons. The highest BCUT2D eigenvalue weighted by molar-refractivity contribution is 7.20. The predicted octanol–water partition coefficient (Wildman–Crippen LogP) is 5.14. The fourth-order valence-electron chi connectivity index (χ4n) is 3.35. The molecule has 1 amide bonds. The van der Waals surface area contributed by atoms with E-state index in [0.717, 1.165) is 16.8 Å². The minimum absolute atomic E-state index is 0.300. The topological polar surface area (TPSA) is 82.6 Å². The first-order valence-corrected chi connectivity index (χ1v) is 10.8. The summed E-state index contributed by atoms with van der Waals surface area (Å²) >= 11 is 7.73. The molecule has 9 heteroatoms. The van der Waals surface area contributed by atoms with Gasteiger partial charge in [-0.15, -0.1) is 11.3 Å². The number of piperazine rings is 1. The van der Waals surface area contributed by atoms with Gasteiger partial charge in [-0.1, -0.05) is 11.6 Å². The highest BCUT2D eigenvalue weighted by atomic mass is 35.5. The fraction of sp³-hybridized carbons (Fsp3) is 0.381. The lowest BCUT2D eigenvalue weighted by molar-refractivity contribution is 0.0240. The van der Waals surface area contributed by atoms with Gasteiger partial charge in [0.1, 0.15) is 33.0 Å². The Balaban J connectivity index is 1.63. The number of thiophene rings is 1. The minimum atomic E-state index is -0.518. The fourth-order valence-corrected chi connectivity index (χ4v) is 4.64. The number of hydrogen-bond donors (Lipinski definition) is 0. The monoisotopic (exact) mass is 444 g/mol. The van der Waals surface area contributed by atoms with Crippen molar-refractivity contribution in [3.05, 3.63) is 34.4 Å². The zero-order valence-corrected chi connectivity index (χ0v) is 18.5. The molecule has 1 aliphatic rings. The Morgan fingerprint density at radius 3 is 2.67 bits per heavy atom. The van der Waals surface area contributed by atoms with E-state index in [4.69, 9.17) is 25.7 Å².